The van der Waals surface area contributed by atoms with Gasteiger partial charge < -0.3 is 10.4 Å². The molecular weight excluding hydrogens is 281 g/mol. The molecular formula is C14H18FNO3S. The second-order valence-electron chi connectivity index (χ2n) is 4.46. The zero-order valence-corrected chi connectivity index (χ0v) is 12.1. The number of hydrogen-bond donors (Lipinski definition) is 2. The number of carbonyl (C=O) groups excluding carboxylic acids is 1. The zero-order chi connectivity index (χ0) is 15.0. The number of thioether (sulfide) groups is 1. The number of halogens is 1. The van der Waals surface area contributed by atoms with Crippen molar-refractivity contribution in [1.29, 1.82) is 0 Å². The average molecular weight is 299 g/mol. The number of carboxylic acids is 1. The van der Waals surface area contributed by atoms with Crippen LogP contribution >= 0.6 is 11.8 Å². The van der Waals surface area contributed by atoms with Gasteiger partial charge in [0.05, 0.1) is 5.75 Å². The van der Waals surface area contributed by atoms with Gasteiger partial charge in [0, 0.05) is 18.7 Å². The van der Waals surface area contributed by atoms with E-state index < -0.39 is 5.97 Å². The maximum absolute atomic E-state index is 13.1. The molecule has 0 aliphatic heterocycles. The normalized spacial score (nSPS) is 11.9. The van der Waals surface area contributed by atoms with Crippen LogP contribution in [0, 0.1) is 5.82 Å². The topological polar surface area (TPSA) is 66.4 Å². The fraction of sp³-hybridized carbons (Fsp3) is 0.429. The van der Waals surface area contributed by atoms with Crippen molar-refractivity contribution in [3.8, 4) is 0 Å². The van der Waals surface area contributed by atoms with E-state index in [-0.39, 0.29) is 29.8 Å². The molecule has 6 heteroatoms. The molecule has 1 atom stereocenters. The highest BCUT2D eigenvalue weighted by atomic mass is 32.2. The van der Waals surface area contributed by atoms with Crippen LogP contribution < -0.4 is 5.32 Å². The zero-order valence-electron chi connectivity index (χ0n) is 11.3. The first-order valence-corrected chi connectivity index (χ1v) is 7.46. The van der Waals surface area contributed by atoms with Crippen molar-refractivity contribution < 1.29 is 19.1 Å². The Labute approximate surface area is 121 Å². The molecule has 0 aliphatic rings. The summed E-state index contributed by atoms with van der Waals surface area (Å²) < 4.78 is 13.1. The predicted octanol–water partition coefficient (Wildman–Crippen LogP) is 2.25. The number of aliphatic carboxylic acids is 1. The van der Waals surface area contributed by atoms with Gasteiger partial charge in [0.25, 0.3) is 0 Å². The number of amides is 1. The number of benzene rings is 1. The Morgan fingerprint density at radius 2 is 2.20 bits per heavy atom. The molecule has 0 saturated heterocycles. The molecule has 0 saturated carbocycles. The lowest BCUT2D eigenvalue weighted by Gasteiger charge is -2.12. The Balaban J connectivity index is 2.26. The number of carbonyl (C=O) groups is 2. The van der Waals surface area contributed by atoms with Crippen LogP contribution in [0.3, 0.4) is 0 Å². The van der Waals surface area contributed by atoms with Crippen molar-refractivity contribution in [1.82, 2.24) is 5.32 Å². The van der Waals surface area contributed by atoms with Gasteiger partial charge in [-0.2, -0.15) is 0 Å². The minimum atomic E-state index is -0.860. The number of nitrogens with one attached hydrogen (secondary N) is 1. The van der Waals surface area contributed by atoms with Crippen molar-refractivity contribution in [2.45, 2.75) is 19.3 Å². The molecule has 1 aromatic carbocycles. The summed E-state index contributed by atoms with van der Waals surface area (Å²) in [6.45, 7) is 2.31. The first-order valence-electron chi connectivity index (χ1n) is 6.30. The molecule has 0 radical (unpaired) electrons. The van der Waals surface area contributed by atoms with Gasteiger partial charge in [-0.3, -0.25) is 9.59 Å². The Kier molecular flexibility index (Phi) is 7.08. The van der Waals surface area contributed by atoms with Crippen molar-refractivity contribution in [2.75, 3.05) is 18.1 Å². The van der Waals surface area contributed by atoms with Gasteiger partial charge >= 0.3 is 5.97 Å². The fourth-order valence-electron chi connectivity index (χ4n) is 1.70. The molecule has 20 heavy (non-hydrogen) atoms. The summed E-state index contributed by atoms with van der Waals surface area (Å²) in [6, 6.07) is 6.22. The molecule has 0 heterocycles. The van der Waals surface area contributed by atoms with E-state index in [1.807, 2.05) is 6.92 Å². The van der Waals surface area contributed by atoms with E-state index in [0.717, 1.165) is 5.56 Å². The summed E-state index contributed by atoms with van der Waals surface area (Å²) in [5.74, 6) is -0.738. The quantitative estimate of drug-likeness (QED) is 0.723. The van der Waals surface area contributed by atoms with Crippen molar-refractivity contribution in [3.63, 3.8) is 0 Å². The smallest absolute Gasteiger partial charge is 0.313 e. The summed E-state index contributed by atoms with van der Waals surface area (Å²) >= 11 is 1.26. The monoisotopic (exact) mass is 299 g/mol. The molecule has 1 rings (SSSR count). The Morgan fingerprint density at radius 1 is 1.45 bits per heavy atom. The molecule has 4 nitrogen and oxygen atoms in total. The lowest BCUT2D eigenvalue weighted by molar-refractivity contribution is -0.133. The lowest BCUT2D eigenvalue weighted by Crippen LogP contribution is -2.27. The summed E-state index contributed by atoms with van der Waals surface area (Å²) in [7, 11) is 0. The predicted molar refractivity (Wildman–Crippen MR) is 77.4 cm³/mol. The Hall–Kier alpha value is -1.56. The molecule has 1 unspecified atom stereocenters. The van der Waals surface area contributed by atoms with E-state index in [0.29, 0.717) is 12.3 Å². The van der Waals surface area contributed by atoms with E-state index in [1.165, 1.54) is 23.9 Å². The van der Waals surface area contributed by atoms with E-state index in [1.54, 1.807) is 12.1 Å². The highest BCUT2D eigenvalue weighted by Crippen LogP contribution is 2.19. The van der Waals surface area contributed by atoms with Gasteiger partial charge in [-0.25, -0.2) is 4.39 Å². The molecule has 1 amide bonds. The van der Waals surface area contributed by atoms with Crippen LogP contribution in [0.4, 0.5) is 4.39 Å². The van der Waals surface area contributed by atoms with Crippen LogP contribution in [0.2, 0.25) is 0 Å². The SMILES string of the molecule is CC(CC(=O)NCCSCC(=O)O)c1cccc(F)c1. The maximum Gasteiger partial charge on any atom is 0.313 e. The number of hydrogen-bond acceptors (Lipinski definition) is 3. The molecule has 2 N–H and O–H groups in total. The molecule has 0 aliphatic carbocycles. The third kappa shape index (κ3) is 6.56. The summed E-state index contributed by atoms with van der Waals surface area (Å²) in [5, 5.41) is 11.2. The molecule has 0 fully saturated rings. The third-order valence-electron chi connectivity index (χ3n) is 2.70. The van der Waals surface area contributed by atoms with Gasteiger partial charge in [0.2, 0.25) is 5.91 Å². The molecule has 1 aromatic rings. The van der Waals surface area contributed by atoms with Gasteiger partial charge in [-0.05, 0) is 23.6 Å². The van der Waals surface area contributed by atoms with E-state index in [9.17, 15) is 14.0 Å². The van der Waals surface area contributed by atoms with Crippen LogP contribution in [-0.2, 0) is 9.59 Å². The standard InChI is InChI=1S/C14H18FNO3S/c1-10(11-3-2-4-12(15)8-11)7-13(17)16-5-6-20-9-14(18)19/h2-4,8,10H,5-7,9H2,1H3,(H,16,17)(H,18,19). The first kappa shape index (κ1) is 16.5. The number of rotatable bonds is 8. The third-order valence-corrected chi connectivity index (χ3v) is 3.65. The fourth-order valence-corrected chi connectivity index (χ4v) is 2.27. The first-order chi connectivity index (χ1) is 9.49. The van der Waals surface area contributed by atoms with Crippen molar-refractivity contribution >= 4 is 23.6 Å². The van der Waals surface area contributed by atoms with Crippen molar-refractivity contribution in [3.05, 3.63) is 35.6 Å². The van der Waals surface area contributed by atoms with Gasteiger partial charge in [-0.1, -0.05) is 19.1 Å². The van der Waals surface area contributed by atoms with E-state index in [2.05, 4.69) is 5.32 Å². The highest BCUT2D eigenvalue weighted by molar-refractivity contribution is 7.99. The minimum absolute atomic E-state index is 0.0373. The average Bonchev–Trinajstić information content (AvgIpc) is 2.37. The summed E-state index contributed by atoms with van der Waals surface area (Å²) in [5.41, 5.74) is 0.792. The van der Waals surface area contributed by atoms with Gasteiger partial charge in [0.15, 0.2) is 0 Å². The summed E-state index contributed by atoms with van der Waals surface area (Å²) in [4.78, 5) is 22.0. The largest absolute Gasteiger partial charge is 0.481 e. The van der Waals surface area contributed by atoms with E-state index >= 15 is 0 Å². The van der Waals surface area contributed by atoms with Gasteiger partial charge in [0.1, 0.15) is 5.82 Å². The second kappa shape index (κ2) is 8.58. The van der Waals surface area contributed by atoms with Crippen LogP contribution in [0.1, 0.15) is 24.8 Å². The van der Waals surface area contributed by atoms with Crippen molar-refractivity contribution in [2.24, 2.45) is 0 Å². The molecule has 0 bridgehead atoms. The second-order valence-corrected chi connectivity index (χ2v) is 5.56. The Bertz CT molecular complexity index is 467. The van der Waals surface area contributed by atoms with Crippen LogP contribution in [0.15, 0.2) is 24.3 Å². The number of carboxylic acid groups (broad SMARTS) is 1. The van der Waals surface area contributed by atoms with Crippen LogP contribution in [0.25, 0.3) is 0 Å². The molecule has 0 spiro atoms. The van der Waals surface area contributed by atoms with E-state index in [4.69, 9.17) is 5.11 Å². The maximum atomic E-state index is 13.1. The van der Waals surface area contributed by atoms with Crippen LogP contribution in [-0.4, -0.2) is 35.0 Å². The lowest BCUT2D eigenvalue weighted by atomic mass is 9.97. The molecule has 0 aromatic heterocycles. The van der Waals surface area contributed by atoms with Gasteiger partial charge in [-0.15, -0.1) is 11.8 Å². The summed E-state index contributed by atoms with van der Waals surface area (Å²) in [6.07, 6.45) is 0.285. The Morgan fingerprint density at radius 3 is 2.85 bits per heavy atom. The molecule has 110 valence electrons. The van der Waals surface area contributed by atoms with Crippen LogP contribution in [0.5, 0.6) is 0 Å². The highest BCUT2D eigenvalue weighted by Gasteiger charge is 2.11. The minimum Gasteiger partial charge on any atom is -0.481 e.